The van der Waals surface area contributed by atoms with E-state index in [1.807, 2.05) is 61.5 Å². The van der Waals surface area contributed by atoms with Gasteiger partial charge in [0, 0.05) is 23.8 Å². The van der Waals surface area contributed by atoms with Crippen molar-refractivity contribution in [3.8, 4) is 0 Å². The minimum atomic E-state index is -1.17. The number of hydrogen-bond acceptors (Lipinski definition) is 4. The van der Waals surface area contributed by atoms with Gasteiger partial charge in [-0.3, -0.25) is 24.6 Å². The minimum Gasteiger partial charge on any atom is -0.324 e. The summed E-state index contributed by atoms with van der Waals surface area (Å²) in [5.74, 6) is -1.93. The smallest absolute Gasteiger partial charge is 0.250 e. The van der Waals surface area contributed by atoms with Gasteiger partial charge in [-0.1, -0.05) is 48.5 Å². The summed E-state index contributed by atoms with van der Waals surface area (Å²) >= 11 is 0. The number of imide groups is 1. The van der Waals surface area contributed by atoms with Crippen LogP contribution in [0.2, 0.25) is 0 Å². The van der Waals surface area contributed by atoms with Crippen LogP contribution in [0.1, 0.15) is 18.1 Å². The molecule has 142 valence electrons. The molecule has 0 unspecified atom stereocenters. The van der Waals surface area contributed by atoms with Crippen molar-refractivity contribution in [1.29, 1.82) is 0 Å². The van der Waals surface area contributed by atoms with E-state index in [4.69, 9.17) is 0 Å². The molecule has 6 heteroatoms. The summed E-state index contributed by atoms with van der Waals surface area (Å²) in [5, 5.41) is 6.20. The zero-order chi connectivity index (χ0) is 19.5. The number of carbonyl (C=O) groups is 3. The number of nitrogens with zero attached hydrogens (tertiary/aromatic N) is 1. The first-order chi connectivity index (χ1) is 13.5. The Morgan fingerprint density at radius 3 is 2.46 bits per heavy atom. The van der Waals surface area contributed by atoms with Crippen LogP contribution in [-0.2, 0) is 26.3 Å². The third-order valence-electron chi connectivity index (χ3n) is 6.33. The van der Waals surface area contributed by atoms with Gasteiger partial charge in [-0.2, -0.15) is 0 Å². The van der Waals surface area contributed by atoms with Crippen molar-refractivity contribution in [2.45, 2.75) is 24.9 Å². The zero-order valence-corrected chi connectivity index (χ0v) is 15.5. The van der Waals surface area contributed by atoms with Gasteiger partial charge in [-0.05, 0) is 25.0 Å². The average Bonchev–Trinajstić information content (AvgIpc) is 3.26. The highest BCUT2D eigenvalue weighted by molar-refractivity contribution is 6.15. The molecule has 0 aromatic heterocycles. The molecule has 3 heterocycles. The Bertz CT molecular complexity index is 990. The Hall–Kier alpha value is -2.99. The van der Waals surface area contributed by atoms with Crippen LogP contribution >= 0.6 is 0 Å². The largest absolute Gasteiger partial charge is 0.324 e. The van der Waals surface area contributed by atoms with Gasteiger partial charge in [0.1, 0.15) is 5.54 Å². The van der Waals surface area contributed by atoms with Gasteiger partial charge in [0.25, 0.3) is 0 Å². The molecule has 1 spiro atoms. The number of carbonyl (C=O) groups excluding carboxylic acids is 3. The summed E-state index contributed by atoms with van der Waals surface area (Å²) in [6, 6.07) is 16.9. The van der Waals surface area contributed by atoms with Crippen molar-refractivity contribution < 1.29 is 14.4 Å². The first kappa shape index (κ1) is 17.1. The maximum atomic E-state index is 13.4. The van der Waals surface area contributed by atoms with Gasteiger partial charge in [0.2, 0.25) is 17.7 Å². The summed E-state index contributed by atoms with van der Waals surface area (Å²) in [6.45, 7) is 2.22. The first-order valence-electron chi connectivity index (χ1n) is 9.62. The van der Waals surface area contributed by atoms with Gasteiger partial charge in [0.15, 0.2) is 0 Å². The minimum absolute atomic E-state index is 0.181. The van der Waals surface area contributed by atoms with Crippen LogP contribution in [0.25, 0.3) is 0 Å². The Morgan fingerprint density at radius 1 is 0.964 bits per heavy atom. The maximum absolute atomic E-state index is 13.4. The topological polar surface area (TPSA) is 78.5 Å². The third-order valence-corrected chi connectivity index (χ3v) is 6.33. The number of nitrogens with one attached hydrogen (secondary N) is 2. The predicted octanol–water partition coefficient (Wildman–Crippen LogP) is 1.67. The lowest BCUT2D eigenvalue weighted by molar-refractivity contribution is -0.142. The van der Waals surface area contributed by atoms with E-state index in [1.165, 1.54) is 4.90 Å². The maximum Gasteiger partial charge on any atom is 0.250 e. The van der Waals surface area contributed by atoms with E-state index in [0.717, 1.165) is 11.1 Å². The van der Waals surface area contributed by atoms with Gasteiger partial charge in [-0.25, -0.2) is 0 Å². The van der Waals surface area contributed by atoms with Crippen molar-refractivity contribution in [2.24, 2.45) is 11.8 Å². The van der Waals surface area contributed by atoms with Gasteiger partial charge >= 0.3 is 0 Å². The number of para-hydroxylation sites is 1. The molecule has 3 amide bonds. The molecule has 0 radical (unpaired) electrons. The first-order valence-corrected chi connectivity index (χ1v) is 9.62. The normalized spacial score (nSPS) is 30.7. The summed E-state index contributed by atoms with van der Waals surface area (Å²) in [6.07, 6.45) is 0.607. The van der Waals surface area contributed by atoms with Crippen molar-refractivity contribution in [1.82, 2.24) is 10.2 Å². The van der Waals surface area contributed by atoms with E-state index in [-0.39, 0.29) is 23.8 Å². The van der Waals surface area contributed by atoms with E-state index in [2.05, 4.69) is 10.6 Å². The Kier molecular flexibility index (Phi) is 3.67. The van der Waals surface area contributed by atoms with Gasteiger partial charge in [-0.15, -0.1) is 0 Å². The van der Waals surface area contributed by atoms with Gasteiger partial charge in [0.05, 0.1) is 11.8 Å². The van der Waals surface area contributed by atoms with Crippen LogP contribution in [0.3, 0.4) is 0 Å². The molecule has 4 atom stereocenters. The van der Waals surface area contributed by atoms with Crippen molar-refractivity contribution >= 4 is 23.4 Å². The van der Waals surface area contributed by atoms with E-state index < -0.39 is 17.4 Å². The Labute approximate surface area is 162 Å². The van der Waals surface area contributed by atoms with Crippen molar-refractivity contribution in [3.05, 3.63) is 65.7 Å². The molecule has 5 rings (SSSR count). The number of hydrogen-bond donors (Lipinski definition) is 2. The van der Waals surface area contributed by atoms with Crippen LogP contribution in [-0.4, -0.2) is 35.2 Å². The number of anilines is 1. The lowest BCUT2D eigenvalue weighted by Gasteiger charge is -2.29. The summed E-state index contributed by atoms with van der Waals surface area (Å²) in [5.41, 5.74) is 1.36. The molecule has 3 aliphatic heterocycles. The lowest BCUT2D eigenvalue weighted by Crippen LogP contribution is -2.53. The van der Waals surface area contributed by atoms with E-state index >= 15 is 0 Å². The molecule has 2 fully saturated rings. The molecular formula is C22H21N3O3. The fourth-order valence-corrected chi connectivity index (χ4v) is 5.09. The number of amides is 3. The molecule has 6 nitrogen and oxygen atoms in total. The summed E-state index contributed by atoms with van der Waals surface area (Å²) < 4.78 is 0. The van der Waals surface area contributed by atoms with Crippen LogP contribution in [0.4, 0.5) is 5.69 Å². The second kappa shape index (κ2) is 6.01. The highest BCUT2D eigenvalue weighted by Crippen LogP contribution is 2.52. The second-order valence-electron chi connectivity index (χ2n) is 7.81. The molecule has 28 heavy (non-hydrogen) atoms. The van der Waals surface area contributed by atoms with Crippen LogP contribution in [0.5, 0.6) is 0 Å². The molecular weight excluding hydrogens is 354 g/mol. The SMILES string of the molecule is C[C@@H]1N[C@@]2(C(=O)Nc3ccccc32)[C@@H]2C(=O)N(CCc3ccccc3)C(=O)[C@H]12. The molecule has 0 saturated carbocycles. The molecule has 2 N–H and O–H groups in total. The standard InChI is InChI=1S/C22H21N3O3/c1-13-17-18(22(24-13)15-9-5-6-10-16(15)23-21(22)28)20(27)25(19(17)26)12-11-14-7-3-2-4-8-14/h2-10,13,17-18,24H,11-12H2,1H3,(H,23,28)/t13-,17+,18-,22+/m0/s1. The van der Waals surface area contributed by atoms with E-state index in [9.17, 15) is 14.4 Å². The predicted molar refractivity (Wildman–Crippen MR) is 103 cm³/mol. The van der Waals surface area contributed by atoms with E-state index in [0.29, 0.717) is 18.7 Å². The Morgan fingerprint density at radius 2 is 1.68 bits per heavy atom. The molecule has 2 aromatic rings. The average molecular weight is 375 g/mol. The van der Waals surface area contributed by atoms with Crippen LogP contribution < -0.4 is 10.6 Å². The number of likely N-dealkylation sites (tertiary alicyclic amines) is 1. The van der Waals surface area contributed by atoms with Crippen LogP contribution in [0, 0.1) is 11.8 Å². The lowest BCUT2D eigenvalue weighted by atomic mass is 9.76. The Balaban J connectivity index is 1.50. The van der Waals surface area contributed by atoms with Crippen molar-refractivity contribution in [2.75, 3.05) is 11.9 Å². The molecule has 2 aromatic carbocycles. The molecule has 2 saturated heterocycles. The molecule has 0 aliphatic carbocycles. The van der Waals surface area contributed by atoms with Gasteiger partial charge < -0.3 is 5.32 Å². The molecule has 3 aliphatic rings. The zero-order valence-electron chi connectivity index (χ0n) is 15.5. The van der Waals surface area contributed by atoms with E-state index in [1.54, 1.807) is 0 Å². The third kappa shape index (κ3) is 2.15. The number of rotatable bonds is 3. The highest BCUT2D eigenvalue weighted by atomic mass is 16.2. The molecule has 0 bridgehead atoms. The highest BCUT2D eigenvalue weighted by Gasteiger charge is 2.69. The summed E-state index contributed by atoms with van der Waals surface area (Å²) in [4.78, 5) is 40.9. The van der Waals surface area contributed by atoms with Crippen molar-refractivity contribution in [3.63, 3.8) is 0 Å². The van der Waals surface area contributed by atoms with Crippen LogP contribution in [0.15, 0.2) is 54.6 Å². The fourth-order valence-electron chi connectivity index (χ4n) is 5.09. The monoisotopic (exact) mass is 375 g/mol. The number of fused-ring (bicyclic) bond motifs is 4. The second-order valence-corrected chi connectivity index (χ2v) is 7.81. The summed E-state index contributed by atoms with van der Waals surface area (Å²) in [7, 11) is 0. The fraction of sp³-hybridized carbons (Fsp3) is 0.318. The number of benzene rings is 2. The quantitative estimate of drug-likeness (QED) is 0.800.